The smallest absolute Gasteiger partial charge is 0.337 e. The van der Waals surface area contributed by atoms with Crippen LogP contribution in [0.3, 0.4) is 0 Å². The summed E-state index contributed by atoms with van der Waals surface area (Å²) in [4.78, 5) is 23.0. The molecule has 0 N–H and O–H groups in total. The van der Waals surface area contributed by atoms with Crippen LogP contribution in [-0.4, -0.2) is 25.2 Å². The number of rotatable bonds is 8. The first-order chi connectivity index (χ1) is 8.52. The predicted octanol–water partition coefficient (Wildman–Crippen LogP) is 2.87. The van der Waals surface area contributed by atoms with Crippen molar-refractivity contribution in [2.45, 2.75) is 47.0 Å². The van der Waals surface area contributed by atoms with Crippen LogP contribution < -0.4 is 0 Å². The summed E-state index contributed by atoms with van der Waals surface area (Å²) in [6.07, 6.45) is 4.26. The normalized spacial score (nSPS) is 11.5. The Bertz CT molecular complexity index is 292. The summed E-state index contributed by atoms with van der Waals surface area (Å²) in [6, 6.07) is 0. The summed E-state index contributed by atoms with van der Waals surface area (Å²) >= 11 is 0. The van der Waals surface area contributed by atoms with Crippen LogP contribution in [0, 0.1) is 5.92 Å². The lowest BCUT2D eigenvalue weighted by Crippen LogP contribution is -2.18. The van der Waals surface area contributed by atoms with Gasteiger partial charge in [-0.05, 0) is 12.8 Å². The Balaban J connectivity index is 4.26. The van der Waals surface area contributed by atoms with Crippen LogP contribution in [0.1, 0.15) is 47.0 Å². The minimum absolute atomic E-state index is 0.00416. The van der Waals surface area contributed by atoms with E-state index in [9.17, 15) is 9.59 Å². The molecule has 0 saturated heterocycles. The minimum Gasteiger partial charge on any atom is -0.462 e. The van der Waals surface area contributed by atoms with Crippen LogP contribution in [-0.2, 0) is 19.1 Å². The lowest BCUT2D eigenvalue weighted by Gasteiger charge is -2.10. The molecule has 0 aliphatic carbocycles. The van der Waals surface area contributed by atoms with Gasteiger partial charge in [-0.15, -0.1) is 0 Å². The topological polar surface area (TPSA) is 52.6 Å². The third-order valence-electron chi connectivity index (χ3n) is 2.29. The van der Waals surface area contributed by atoms with Gasteiger partial charge in [0.15, 0.2) is 0 Å². The highest BCUT2D eigenvalue weighted by Gasteiger charge is 2.14. The van der Waals surface area contributed by atoms with Crippen LogP contribution in [0.5, 0.6) is 0 Å². The molecule has 0 heterocycles. The average Bonchev–Trinajstić information content (AvgIpc) is 2.33. The van der Waals surface area contributed by atoms with Gasteiger partial charge in [0.2, 0.25) is 0 Å². The number of ether oxygens (including phenoxy) is 2. The molecule has 0 aromatic heterocycles. The van der Waals surface area contributed by atoms with E-state index in [4.69, 9.17) is 9.47 Å². The molecule has 0 saturated carbocycles. The van der Waals surface area contributed by atoms with Gasteiger partial charge in [0.25, 0.3) is 0 Å². The Kier molecular flexibility index (Phi) is 8.97. The van der Waals surface area contributed by atoms with Crippen molar-refractivity contribution in [1.29, 1.82) is 0 Å². The zero-order valence-electron chi connectivity index (χ0n) is 11.8. The lowest BCUT2D eigenvalue weighted by molar-refractivity contribution is -0.147. The molecule has 0 atom stereocenters. The standard InChI is InChI=1S/C14H24O4/c1-5-7-9-17-14(16)12(8-6-2)10-18-13(15)11(3)4/h8,11H,5-7,9-10H2,1-4H3. The first-order valence-electron chi connectivity index (χ1n) is 6.55. The van der Waals surface area contributed by atoms with Gasteiger partial charge in [-0.25, -0.2) is 4.79 Å². The Morgan fingerprint density at radius 3 is 2.33 bits per heavy atom. The summed E-state index contributed by atoms with van der Waals surface area (Å²) in [6.45, 7) is 7.87. The molecule has 4 heteroatoms. The molecule has 0 aromatic rings. The summed E-state index contributed by atoms with van der Waals surface area (Å²) in [5.74, 6) is -0.885. The highest BCUT2D eigenvalue weighted by atomic mass is 16.5. The van der Waals surface area contributed by atoms with Gasteiger partial charge in [-0.3, -0.25) is 4.79 Å². The number of hydrogen-bond acceptors (Lipinski definition) is 4. The van der Waals surface area contributed by atoms with Crippen molar-refractivity contribution in [1.82, 2.24) is 0 Å². The molecule has 18 heavy (non-hydrogen) atoms. The molecule has 0 bridgehead atoms. The Hall–Kier alpha value is -1.32. The van der Waals surface area contributed by atoms with Crippen molar-refractivity contribution in [3.63, 3.8) is 0 Å². The monoisotopic (exact) mass is 256 g/mol. The van der Waals surface area contributed by atoms with Crippen molar-refractivity contribution in [3.05, 3.63) is 11.6 Å². The summed E-state index contributed by atoms with van der Waals surface area (Å²) in [5, 5.41) is 0. The highest BCUT2D eigenvalue weighted by Crippen LogP contribution is 2.05. The summed E-state index contributed by atoms with van der Waals surface area (Å²) < 4.78 is 10.1. The number of esters is 2. The molecule has 0 radical (unpaired) electrons. The minimum atomic E-state index is -0.387. The fourth-order valence-electron chi connectivity index (χ4n) is 1.17. The fourth-order valence-corrected chi connectivity index (χ4v) is 1.17. The van der Waals surface area contributed by atoms with Crippen molar-refractivity contribution >= 4 is 11.9 Å². The molecule has 0 aliphatic rings. The average molecular weight is 256 g/mol. The molecule has 4 nitrogen and oxygen atoms in total. The molecule has 0 unspecified atom stereocenters. The number of carbonyl (C=O) groups is 2. The van der Waals surface area contributed by atoms with E-state index in [1.807, 2.05) is 13.8 Å². The van der Waals surface area contributed by atoms with E-state index in [2.05, 4.69) is 0 Å². The van der Waals surface area contributed by atoms with Crippen molar-refractivity contribution < 1.29 is 19.1 Å². The van der Waals surface area contributed by atoms with Crippen LogP contribution >= 0.6 is 0 Å². The maximum Gasteiger partial charge on any atom is 0.337 e. The zero-order chi connectivity index (χ0) is 14.0. The van der Waals surface area contributed by atoms with E-state index in [1.165, 1.54) is 0 Å². The number of carbonyl (C=O) groups excluding carboxylic acids is 2. The van der Waals surface area contributed by atoms with Gasteiger partial charge < -0.3 is 9.47 Å². The Labute approximate surface area is 109 Å². The van der Waals surface area contributed by atoms with Crippen LogP contribution in [0.4, 0.5) is 0 Å². The first kappa shape index (κ1) is 16.7. The maximum atomic E-state index is 11.7. The third kappa shape index (κ3) is 7.09. The largest absolute Gasteiger partial charge is 0.462 e. The molecule has 0 aromatic carbocycles. The van der Waals surface area contributed by atoms with E-state index in [-0.39, 0.29) is 24.5 Å². The first-order valence-corrected chi connectivity index (χ1v) is 6.55. The summed E-state index contributed by atoms with van der Waals surface area (Å²) in [5.41, 5.74) is 0.419. The maximum absolute atomic E-state index is 11.7. The van der Waals surface area contributed by atoms with Gasteiger partial charge in [-0.1, -0.05) is 40.2 Å². The number of hydrogen-bond donors (Lipinski definition) is 0. The second-order valence-corrected chi connectivity index (χ2v) is 4.39. The molecule has 0 fully saturated rings. The predicted molar refractivity (Wildman–Crippen MR) is 70.0 cm³/mol. The van der Waals surface area contributed by atoms with Gasteiger partial charge in [0.05, 0.1) is 18.1 Å². The summed E-state index contributed by atoms with van der Waals surface area (Å²) in [7, 11) is 0. The third-order valence-corrected chi connectivity index (χ3v) is 2.29. The number of allylic oxidation sites excluding steroid dienone is 1. The Morgan fingerprint density at radius 2 is 1.83 bits per heavy atom. The van der Waals surface area contributed by atoms with Crippen molar-refractivity contribution in [2.24, 2.45) is 5.92 Å². The second-order valence-electron chi connectivity index (χ2n) is 4.39. The highest BCUT2D eigenvalue weighted by molar-refractivity contribution is 5.89. The van der Waals surface area contributed by atoms with E-state index >= 15 is 0 Å². The molecule has 0 rings (SSSR count). The number of unbranched alkanes of at least 4 members (excludes halogenated alkanes) is 1. The lowest BCUT2D eigenvalue weighted by atomic mass is 10.2. The second kappa shape index (κ2) is 9.68. The molecule has 0 spiro atoms. The molecular weight excluding hydrogens is 232 g/mol. The Morgan fingerprint density at radius 1 is 1.17 bits per heavy atom. The van der Waals surface area contributed by atoms with E-state index < -0.39 is 0 Å². The zero-order valence-corrected chi connectivity index (χ0v) is 11.8. The quantitative estimate of drug-likeness (QED) is 0.380. The molecule has 0 amide bonds. The van der Waals surface area contributed by atoms with Crippen molar-refractivity contribution in [2.75, 3.05) is 13.2 Å². The van der Waals surface area contributed by atoms with Gasteiger partial charge >= 0.3 is 11.9 Å². The van der Waals surface area contributed by atoms with Gasteiger partial charge in [0.1, 0.15) is 6.61 Å². The van der Waals surface area contributed by atoms with E-state index in [0.717, 1.165) is 12.8 Å². The molecule has 0 aliphatic heterocycles. The van der Waals surface area contributed by atoms with E-state index in [0.29, 0.717) is 18.6 Å². The SMILES string of the molecule is CCC=C(COC(=O)C(C)C)C(=O)OCCCC. The molecular formula is C14H24O4. The van der Waals surface area contributed by atoms with Crippen LogP contribution in [0.15, 0.2) is 11.6 Å². The van der Waals surface area contributed by atoms with E-state index in [1.54, 1.807) is 19.9 Å². The van der Waals surface area contributed by atoms with Gasteiger partial charge in [0, 0.05) is 0 Å². The van der Waals surface area contributed by atoms with Crippen molar-refractivity contribution in [3.8, 4) is 0 Å². The fraction of sp³-hybridized carbons (Fsp3) is 0.714. The van der Waals surface area contributed by atoms with Crippen LogP contribution in [0.25, 0.3) is 0 Å². The van der Waals surface area contributed by atoms with Gasteiger partial charge in [-0.2, -0.15) is 0 Å². The molecule has 104 valence electrons. The van der Waals surface area contributed by atoms with Crippen LogP contribution in [0.2, 0.25) is 0 Å².